The zero-order valence-electron chi connectivity index (χ0n) is 17.4. The maximum Gasteiger partial charge on any atom is 0.242 e. The van der Waals surface area contributed by atoms with Gasteiger partial charge in [-0.15, -0.1) is 24.0 Å². The molecule has 0 saturated carbocycles. The van der Waals surface area contributed by atoms with Gasteiger partial charge in [0.15, 0.2) is 5.96 Å². The number of carbonyl (C=O) groups excluding carboxylic acids is 1. The van der Waals surface area contributed by atoms with Crippen LogP contribution < -0.4 is 5.32 Å². The molecule has 2 heterocycles. The fourth-order valence-electron chi connectivity index (χ4n) is 3.65. The van der Waals surface area contributed by atoms with Crippen LogP contribution >= 0.6 is 24.0 Å². The van der Waals surface area contributed by atoms with Crippen molar-refractivity contribution in [3.05, 3.63) is 53.9 Å². The number of halogens is 1. The lowest BCUT2D eigenvalue weighted by atomic mass is 10.0. The molecule has 1 aliphatic heterocycles. The second kappa shape index (κ2) is 11.2. The first-order chi connectivity index (χ1) is 13.6. The van der Waals surface area contributed by atoms with E-state index in [4.69, 9.17) is 0 Å². The van der Waals surface area contributed by atoms with E-state index in [1.165, 1.54) is 5.56 Å². The topological polar surface area (TPSA) is 65.8 Å². The zero-order valence-corrected chi connectivity index (χ0v) is 19.7. The molecule has 8 heteroatoms. The molecule has 3 rings (SSSR count). The second-order valence-corrected chi connectivity index (χ2v) is 7.17. The maximum absolute atomic E-state index is 12.7. The highest BCUT2D eigenvalue weighted by Crippen LogP contribution is 2.26. The smallest absolute Gasteiger partial charge is 0.242 e. The highest BCUT2D eigenvalue weighted by Gasteiger charge is 2.27. The summed E-state index contributed by atoms with van der Waals surface area (Å²) >= 11 is 0. The van der Waals surface area contributed by atoms with Crippen molar-refractivity contribution in [3.63, 3.8) is 0 Å². The number of nitrogens with zero attached hydrogens (tertiary/aromatic N) is 5. The van der Waals surface area contributed by atoms with Gasteiger partial charge in [-0.3, -0.25) is 14.5 Å². The van der Waals surface area contributed by atoms with E-state index in [0.29, 0.717) is 19.0 Å². The van der Waals surface area contributed by atoms with Crippen LogP contribution in [0, 0.1) is 0 Å². The summed E-state index contributed by atoms with van der Waals surface area (Å²) in [6.45, 7) is 5.39. The Balaban J connectivity index is 0.00000300. The lowest BCUT2D eigenvalue weighted by molar-refractivity contribution is -0.130. The van der Waals surface area contributed by atoms with Crippen molar-refractivity contribution < 1.29 is 4.79 Å². The predicted octanol–water partition coefficient (Wildman–Crippen LogP) is 2.45. The van der Waals surface area contributed by atoms with Crippen LogP contribution in [-0.2, 0) is 18.4 Å². The van der Waals surface area contributed by atoms with Gasteiger partial charge in [0.2, 0.25) is 5.91 Å². The Morgan fingerprint density at radius 1 is 1.34 bits per heavy atom. The number of hydrogen-bond donors (Lipinski definition) is 1. The molecule has 0 bridgehead atoms. The third-order valence-corrected chi connectivity index (χ3v) is 5.24. The number of aromatic nitrogens is 2. The van der Waals surface area contributed by atoms with Crippen molar-refractivity contribution >= 4 is 35.8 Å². The Morgan fingerprint density at radius 3 is 2.72 bits per heavy atom. The predicted molar refractivity (Wildman–Crippen MR) is 126 cm³/mol. The maximum atomic E-state index is 12.7. The van der Waals surface area contributed by atoms with Crippen molar-refractivity contribution in [3.8, 4) is 0 Å². The zero-order chi connectivity index (χ0) is 19.9. The summed E-state index contributed by atoms with van der Waals surface area (Å²) < 4.78 is 1.84. The molecule has 7 nitrogen and oxygen atoms in total. The van der Waals surface area contributed by atoms with Crippen molar-refractivity contribution in [1.82, 2.24) is 24.9 Å². The van der Waals surface area contributed by atoms with Crippen LogP contribution in [0.3, 0.4) is 0 Å². The van der Waals surface area contributed by atoms with E-state index in [1.54, 1.807) is 7.05 Å². The Bertz CT molecular complexity index is 807. The standard InChI is InChI=1S/C21H30N6O.HI/c1-4-26(14-17-8-6-5-7-9-17)20(28)13-23-21(22-2)27-11-10-18(16-27)19-12-24-25(3)15-19;/h5-9,12,15,18H,4,10-11,13-14,16H2,1-3H3,(H,22,23);1H. The molecule has 1 N–H and O–H groups in total. The number of aliphatic imine (C=N–C) groups is 1. The summed E-state index contributed by atoms with van der Waals surface area (Å²) in [7, 11) is 3.71. The van der Waals surface area contributed by atoms with E-state index >= 15 is 0 Å². The molecule has 1 aliphatic rings. The third kappa shape index (κ3) is 6.19. The molecule has 1 saturated heterocycles. The number of benzene rings is 1. The molecule has 1 atom stereocenters. The lowest BCUT2D eigenvalue weighted by Crippen LogP contribution is -2.45. The van der Waals surface area contributed by atoms with Gasteiger partial charge in [-0.25, -0.2) is 0 Å². The first-order valence-corrected chi connectivity index (χ1v) is 9.86. The Kier molecular flexibility index (Phi) is 8.94. The number of amides is 1. The van der Waals surface area contributed by atoms with E-state index in [1.807, 2.05) is 60.1 Å². The monoisotopic (exact) mass is 510 g/mol. The van der Waals surface area contributed by atoms with Gasteiger partial charge in [0, 0.05) is 52.4 Å². The van der Waals surface area contributed by atoms with Crippen LogP contribution in [0.5, 0.6) is 0 Å². The first-order valence-electron chi connectivity index (χ1n) is 9.86. The quantitative estimate of drug-likeness (QED) is 0.369. The third-order valence-electron chi connectivity index (χ3n) is 5.24. The molecule has 1 unspecified atom stereocenters. The Hall–Kier alpha value is -2.10. The fraction of sp³-hybridized carbons (Fsp3) is 0.476. The number of nitrogens with one attached hydrogen (secondary N) is 1. The lowest BCUT2D eigenvalue weighted by Gasteiger charge is -2.24. The largest absolute Gasteiger partial charge is 0.347 e. The normalized spacial score (nSPS) is 16.4. The van der Waals surface area contributed by atoms with E-state index in [0.717, 1.165) is 31.0 Å². The Labute approximate surface area is 190 Å². The summed E-state index contributed by atoms with van der Waals surface area (Å²) in [6, 6.07) is 10.1. The molecule has 29 heavy (non-hydrogen) atoms. The molecule has 158 valence electrons. The summed E-state index contributed by atoms with van der Waals surface area (Å²) in [5.41, 5.74) is 2.40. The van der Waals surface area contributed by atoms with Crippen molar-refractivity contribution in [2.24, 2.45) is 12.0 Å². The van der Waals surface area contributed by atoms with Gasteiger partial charge >= 0.3 is 0 Å². The van der Waals surface area contributed by atoms with Crippen molar-refractivity contribution in [1.29, 1.82) is 0 Å². The van der Waals surface area contributed by atoms with Crippen LogP contribution in [0.4, 0.5) is 0 Å². The molecule has 1 aromatic heterocycles. The van der Waals surface area contributed by atoms with Crippen LogP contribution in [-0.4, -0.2) is 64.7 Å². The molecule has 0 spiro atoms. The van der Waals surface area contributed by atoms with Gasteiger partial charge in [0.1, 0.15) is 0 Å². The van der Waals surface area contributed by atoms with Gasteiger partial charge < -0.3 is 15.1 Å². The summed E-state index contributed by atoms with van der Waals surface area (Å²) in [4.78, 5) is 21.1. The molecule has 1 aromatic carbocycles. The minimum Gasteiger partial charge on any atom is -0.347 e. The average molecular weight is 510 g/mol. The van der Waals surface area contributed by atoms with Crippen molar-refractivity contribution in [2.75, 3.05) is 33.2 Å². The first kappa shape index (κ1) is 23.2. The van der Waals surface area contributed by atoms with E-state index < -0.39 is 0 Å². The molecular weight excluding hydrogens is 479 g/mol. The molecular formula is C21H31IN6O. The van der Waals surface area contributed by atoms with Crippen molar-refractivity contribution in [2.45, 2.75) is 25.8 Å². The molecule has 1 amide bonds. The number of carbonyl (C=O) groups is 1. The van der Waals surface area contributed by atoms with E-state index in [-0.39, 0.29) is 36.4 Å². The molecule has 0 radical (unpaired) electrons. The molecule has 1 fully saturated rings. The SMILES string of the molecule is CCN(Cc1ccccc1)C(=O)CNC(=NC)N1CCC(c2cnn(C)c2)C1.I. The number of rotatable bonds is 6. The highest BCUT2D eigenvalue weighted by atomic mass is 127. The van der Waals surface area contributed by atoms with Crippen LogP contribution in [0.15, 0.2) is 47.7 Å². The molecule has 0 aliphatic carbocycles. The summed E-state index contributed by atoms with van der Waals surface area (Å²) in [5, 5.41) is 7.53. The van der Waals surface area contributed by atoms with Gasteiger partial charge in [0.05, 0.1) is 12.7 Å². The second-order valence-electron chi connectivity index (χ2n) is 7.17. The van der Waals surface area contributed by atoms with Gasteiger partial charge in [-0.1, -0.05) is 30.3 Å². The summed E-state index contributed by atoms with van der Waals surface area (Å²) in [5.74, 6) is 1.32. The van der Waals surface area contributed by atoms with E-state index in [9.17, 15) is 4.79 Å². The number of aryl methyl sites for hydroxylation is 1. The number of likely N-dealkylation sites (N-methyl/N-ethyl adjacent to an activating group) is 1. The number of hydrogen-bond acceptors (Lipinski definition) is 3. The molecule has 2 aromatic rings. The van der Waals surface area contributed by atoms with Crippen LogP contribution in [0.2, 0.25) is 0 Å². The van der Waals surface area contributed by atoms with Gasteiger partial charge in [0.25, 0.3) is 0 Å². The van der Waals surface area contributed by atoms with Gasteiger partial charge in [-0.05, 0) is 24.5 Å². The minimum atomic E-state index is 0. The van der Waals surface area contributed by atoms with E-state index in [2.05, 4.69) is 26.5 Å². The highest BCUT2D eigenvalue weighted by molar-refractivity contribution is 14.0. The van der Waals surface area contributed by atoms with Gasteiger partial charge in [-0.2, -0.15) is 5.10 Å². The van der Waals surface area contributed by atoms with Crippen LogP contribution in [0.1, 0.15) is 30.4 Å². The number of likely N-dealkylation sites (tertiary alicyclic amines) is 1. The Morgan fingerprint density at radius 2 is 2.10 bits per heavy atom. The summed E-state index contributed by atoms with van der Waals surface area (Å²) in [6.07, 6.45) is 5.09. The average Bonchev–Trinajstić information content (AvgIpc) is 3.36. The fourth-order valence-corrected chi connectivity index (χ4v) is 3.65. The van der Waals surface area contributed by atoms with Crippen LogP contribution in [0.25, 0.3) is 0 Å². The minimum absolute atomic E-state index is 0. The number of guanidine groups is 1.